The summed E-state index contributed by atoms with van der Waals surface area (Å²) >= 11 is 12.0. The van der Waals surface area contributed by atoms with Gasteiger partial charge in [-0.05, 0) is 60.6 Å². The molecule has 2 fully saturated rings. The highest BCUT2D eigenvalue weighted by Crippen LogP contribution is 2.57. The molecule has 2 aliphatic carbocycles. The first-order valence-corrected chi connectivity index (χ1v) is 7.54. The zero-order valence-electron chi connectivity index (χ0n) is 10.3. The third-order valence-electron chi connectivity index (χ3n) is 4.91. The van der Waals surface area contributed by atoms with Crippen LogP contribution < -0.4 is 0 Å². The van der Waals surface area contributed by atoms with E-state index in [1.54, 1.807) is 12.1 Å². The second-order valence-corrected chi connectivity index (χ2v) is 6.68. The van der Waals surface area contributed by atoms with Gasteiger partial charge in [-0.15, -0.1) is 11.6 Å². The average Bonchev–Trinajstić information content (AvgIpc) is 2.94. The third kappa shape index (κ3) is 2.06. The highest BCUT2D eigenvalue weighted by molar-refractivity contribution is 6.30. The summed E-state index contributed by atoms with van der Waals surface area (Å²) < 4.78 is 13.5. The van der Waals surface area contributed by atoms with Crippen molar-refractivity contribution in [3.63, 3.8) is 0 Å². The molecule has 0 spiro atoms. The smallest absolute Gasteiger partial charge is 0.142 e. The number of fused-ring (bicyclic) bond motifs is 2. The molecule has 2 saturated carbocycles. The Kier molecular flexibility index (Phi) is 3.32. The Bertz CT molecular complexity index is 460. The standard InChI is InChI=1S/C15H17Cl2F/c16-9-15(7-10-1-3-12(15)5-10)8-11-2-4-13(17)14(18)6-11/h2,4,6,10,12H,1,3,5,7-9H2. The summed E-state index contributed by atoms with van der Waals surface area (Å²) in [7, 11) is 0. The minimum absolute atomic E-state index is 0.199. The van der Waals surface area contributed by atoms with Gasteiger partial charge in [0.2, 0.25) is 0 Å². The summed E-state index contributed by atoms with van der Waals surface area (Å²) in [5.41, 5.74) is 1.23. The summed E-state index contributed by atoms with van der Waals surface area (Å²) in [4.78, 5) is 0. The van der Waals surface area contributed by atoms with Crippen molar-refractivity contribution >= 4 is 23.2 Å². The molecule has 1 aromatic carbocycles. The van der Waals surface area contributed by atoms with E-state index in [-0.39, 0.29) is 16.3 Å². The summed E-state index contributed by atoms with van der Waals surface area (Å²) in [6.45, 7) is 0. The van der Waals surface area contributed by atoms with Crippen molar-refractivity contribution in [1.29, 1.82) is 0 Å². The van der Waals surface area contributed by atoms with Gasteiger partial charge < -0.3 is 0 Å². The number of alkyl halides is 1. The lowest BCUT2D eigenvalue weighted by atomic mass is 9.71. The molecular weight excluding hydrogens is 270 g/mol. The Morgan fingerprint density at radius 2 is 2.17 bits per heavy atom. The molecule has 3 atom stereocenters. The molecule has 0 N–H and O–H groups in total. The summed E-state index contributed by atoms with van der Waals surface area (Å²) in [6.07, 6.45) is 6.09. The highest BCUT2D eigenvalue weighted by Gasteiger charge is 2.50. The summed E-state index contributed by atoms with van der Waals surface area (Å²) in [5.74, 6) is 1.96. The van der Waals surface area contributed by atoms with E-state index in [1.807, 2.05) is 6.07 Å². The molecule has 0 heterocycles. The molecule has 1 aromatic rings. The van der Waals surface area contributed by atoms with Gasteiger partial charge in [-0.3, -0.25) is 0 Å². The molecule has 3 unspecified atom stereocenters. The molecule has 0 radical (unpaired) electrons. The molecule has 98 valence electrons. The quantitative estimate of drug-likeness (QED) is 0.681. The first-order chi connectivity index (χ1) is 8.63. The van der Waals surface area contributed by atoms with Crippen LogP contribution in [0.15, 0.2) is 18.2 Å². The summed E-state index contributed by atoms with van der Waals surface area (Å²) in [5, 5.41) is 0.201. The predicted molar refractivity (Wildman–Crippen MR) is 73.7 cm³/mol. The topological polar surface area (TPSA) is 0 Å². The lowest BCUT2D eigenvalue weighted by Gasteiger charge is -2.36. The zero-order chi connectivity index (χ0) is 12.8. The van der Waals surface area contributed by atoms with Crippen molar-refractivity contribution in [2.24, 2.45) is 17.3 Å². The van der Waals surface area contributed by atoms with Crippen molar-refractivity contribution in [3.05, 3.63) is 34.6 Å². The van der Waals surface area contributed by atoms with Crippen LogP contribution in [0.3, 0.4) is 0 Å². The van der Waals surface area contributed by atoms with Crippen LogP contribution in [0.1, 0.15) is 31.2 Å². The van der Waals surface area contributed by atoms with Gasteiger partial charge in [-0.25, -0.2) is 4.39 Å². The van der Waals surface area contributed by atoms with Crippen LogP contribution in [0.25, 0.3) is 0 Å². The van der Waals surface area contributed by atoms with E-state index in [4.69, 9.17) is 23.2 Å². The molecule has 2 aliphatic rings. The zero-order valence-corrected chi connectivity index (χ0v) is 11.8. The van der Waals surface area contributed by atoms with Crippen LogP contribution in [-0.4, -0.2) is 5.88 Å². The van der Waals surface area contributed by atoms with Crippen LogP contribution in [0, 0.1) is 23.1 Å². The maximum atomic E-state index is 13.5. The molecule has 18 heavy (non-hydrogen) atoms. The van der Waals surface area contributed by atoms with Gasteiger partial charge in [-0.1, -0.05) is 24.1 Å². The second kappa shape index (κ2) is 4.68. The van der Waals surface area contributed by atoms with Crippen molar-refractivity contribution in [2.75, 3.05) is 5.88 Å². The minimum Gasteiger partial charge on any atom is -0.205 e. The Morgan fingerprint density at radius 3 is 2.72 bits per heavy atom. The Balaban J connectivity index is 1.84. The van der Waals surface area contributed by atoms with E-state index in [0.717, 1.165) is 23.8 Å². The predicted octanol–water partition coefficient (Wildman–Crippen LogP) is 5.07. The Hall–Kier alpha value is -0.270. The van der Waals surface area contributed by atoms with Crippen LogP contribution >= 0.6 is 23.2 Å². The maximum absolute atomic E-state index is 13.5. The van der Waals surface area contributed by atoms with Gasteiger partial charge in [-0.2, -0.15) is 0 Å². The van der Waals surface area contributed by atoms with Gasteiger partial charge in [0.05, 0.1) is 5.02 Å². The van der Waals surface area contributed by atoms with Crippen LogP contribution in [0.4, 0.5) is 4.39 Å². The normalized spacial score (nSPS) is 34.2. The van der Waals surface area contributed by atoms with Crippen molar-refractivity contribution in [1.82, 2.24) is 0 Å². The number of halogens is 3. The van der Waals surface area contributed by atoms with Gasteiger partial charge in [0.1, 0.15) is 5.82 Å². The number of hydrogen-bond donors (Lipinski definition) is 0. The highest BCUT2D eigenvalue weighted by atomic mass is 35.5. The molecule has 3 rings (SSSR count). The van der Waals surface area contributed by atoms with Crippen LogP contribution in [0.2, 0.25) is 5.02 Å². The van der Waals surface area contributed by atoms with E-state index in [2.05, 4.69) is 0 Å². The third-order valence-corrected chi connectivity index (χ3v) is 5.75. The van der Waals surface area contributed by atoms with Crippen molar-refractivity contribution in [3.8, 4) is 0 Å². The first-order valence-electron chi connectivity index (χ1n) is 6.63. The lowest BCUT2D eigenvalue weighted by molar-refractivity contribution is 0.193. The van der Waals surface area contributed by atoms with E-state index in [1.165, 1.54) is 25.7 Å². The fourth-order valence-corrected chi connectivity index (χ4v) is 4.58. The first kappa shape index (κ1) is 12.7. The fraction of sp³-hybridized carbons (Fsp3) is 0.600. The fourth-order valence-electron chi connectivity index (χ4n) is 4.04. The van der Waals surface area contributed by atoms with Crippen molar-refractivity contribution in [2.45, 2.75) is 32.1 Å². The molecule has 2 bridgehead atoms. The van der Waals surface area contributed by atoms with E-state index >= 15 is 0 Å². The maximum Gasteiger partial charge on any atom is 0.142 e. The minimum atomic E-state index is -0.318. The average molecular weight is 287 g/mol. The Morgan fingerprint density at radius 1 is 1.33 bits per heavy atom. The Labute approximate surface area is 117 Å². The van der Waals surface area contributed by atoms with Crippen molar-refractivity contribution < 1.29 is 4.39 Å². The molecule has 0 aromatic heterocycles. The van der Waals surface area contributed by atoms with Gasteiger partial charge in [0.25, 0.3) is 0 Å². The van der Waals surface area contributed by atoms with E-state index < -0.39 is 0 Å². The molecule has 0 nitrogen and oxygen atoms in total. The lowest BCUT2D eigenvalue weighted by Crippen LogP contribution is -2.32. The second-order valence-electron chi connectivity index (χ2n) is 6.00. The molecule has 0 aliphatic heterocycles. The van der Waals surface area contributed by atoms with E-state index in [0.29, 0.717) is 5.88 Å². The van der Waals surface area contributed by atoms with E-state index in [9.17, 15) is 4.39 Å². The number of rotatable bonds is 3. The molecule has 0 saturated heterocycles. The van der Waals surface area contributed by atoms with Gasteiger partial charge in [0.15, 0.2) is 0 Å². The number of benzene rings is 1. The van der Waals surface area contributed by atoms with Crippen LogP contribution in [0.5, 0.6) is 0 Å². The van der Waals surface area contributed by atoms with Gasteiger partial charge >= 0.3 is 0 Å². The molecule has 3 heteroatoms. The SMILES string of the molecule is Fc1cc(CC2(CCl)CC3CCC2C3)ccc1Cl. The van der Waals surface area contributed by atoms with Gasteiger partial charge in [0, 0.05) is 5.88 Å². The van der Waals surface area contributed by atoms with Crippen LogP contribution in [-0.2, 0) is 6.42 Å². The number of hydrogen-bond acceptors (Lipinski definition) is 0. The summed E-state index contributed by atoms with van der Waals surface area (Å²) in [6, 6.07) is 5.16. The molecule has 0 amide bonds. The monoisotopic (exact) mass is 286 g/mol. The molecular formula is C15H17Cl2F. The largest absolute Gasteiger partial charge is 0.205 e.